The topological polar surface area (TPSA) is 79.7 Å². The molecular weight excluding hydrogens is 638 g/mol. The zero-order chi connectivity index (χ0) is 34.4. The molecule has 1 aliphatic carbocycles. The number of rotatable bonds is 8. The minimum absolute atomic E-state index is 0.0250. The second-order valence-corrected chi connectivity index (χ2v) is 12.3. The SMILES string of the molecule is CCCC1=C2[C@@H](CC/C(=C/c3ccccc3O)c3ccccn3)OC[C@@H]2[C@@H]2C(=O)N(c3cc(C(F)(F)F)cc(C(F)(F)F)c3)C(=O)[C@@H]2C1. The lowest BCUT2D eigenvalue weighted by Gasteiger charge is -2.32. The number of aromatic hydroxyl groups is 1. The Bertz CT molecular complexity index is 1750. The molecule has 2 aliphatic heterocycles. The predicted molar refractivity (Wildman–Crippen MR) is 165 cm³/mol. The maximum atomic E-state index is 13.9. The quantitative estimate of drug-likeness (QED) is 0.148. The van der Waals surface area contributed by atoms with Crippen molar-refractivity contribution in [1.82, 2.24) is 4.98 Å². The summed E-state index contributed by atoms with van der Waals surface area (Å²) in [6, 6.07) is 13.2. The number of hydrogen-bond donors (Lipinski definition) is 1. The number of anilines is 1. The number of amides is 2. The van der Waals surface area contributed by atoms with Crippen LogP contribution in [0.15, 0.2) is 78.0 Å². The summed E-state index contributed by atoms with van der Waals surface area (Å²) in [6.07, 6.45) is -4.76. The number of para-hydroxylation sites is 1. The van der Waals surface area contributed by atoms with E-state index in [0.29, 0.717) is 47.6 Å². The molecule has 12 heteroatoms. The lowest BCUT2D eigenvalue weighted by atomic mass is 9.68. The Morgan fingerprint density at radius 2 is 1.65 bits per heavy atom. The van der Waals surface area contributed by atoms with Crippen LogP contribution in [0, 0.1) is 17.8 Å². The second kappa shape index (κ2) is 12.9. The Morgan fingerprint density at radius 3 is 2.27 bits per heavy atom. The number of allylic oxidation sites excluding steroid dienone is 2. The molecule has 1 N–H and O–H groups in total. The normalized spacial score (nSPS) is 23.1. The van der Waals surface area contributed by atoms with E-state index in [1.165, 1.54) is 0 Å². The molecule has 2 fully saturated rings. The maximum Gasteiger partial charge on any atom is 0.416 e. The molecule has 0 bridgehead atoms. The Labute approximate surface area is 272 Å². The number of benzene rings is 2. The predicted octanol–water partition coefficient (Wildman–Crippen LogP) is 8.47. The van der Waals surface area contributed by atoms with Crippen molar-refractivity contribution in [3.05, 3.63) is 100 Å². The van der Waals surface area contributed by atoms with Crippen molar-refractivity contribution in [3.8, 4) is 5.75 Å². The van der Waals surface area contributed by atoms with E-state index in [0.717, 1.165) is 23.1 Å². The number of hydrogen-bond acceptors (Lipinski definition) is 5. The fourth-order valence-electron chi connectivity index (χ4n) is 7.24. The van der Waals surface area contributed by atoms with Gasteiger partial charge in [0.1, 0.15) is 5.75 Å². The van der Waals surface area contributed by atoms with Crippen molar-refractivity contribution in [2.45, 2.75) is 57.5 Å². The third kappa shape index (κ3) is 6.37. The Balaban J connectivity index is 1.31. The van der Waals surface area contributed by atoms with Gasteiger partial charge in [-0.3, -0.25) is 14.6 Å². The number of ether oxygens (including phenoxy) is 1. The summed E-state index contributed by atoms with van der Waals surface area (Å²) >= 11 is 0. The molecule has 48 heavy (non-hydrogen) atoms. The van der Waals surface area contributed by atoms with Crippen LogP contribution in [0.1, 0.15) is 61.4 Å². The molecule has 0 saturated carbocycles. The first-order chi connectivity index (χ1) is 22.8. The van der Waals surface area contributed by atoms with Crippen LogP contribution in [0.25, 0.3) is 11.6 Å². The number of aromatic nitrogens is 1. The number of halogens is 6. The fraction of sp³-hybridized carbons (Fsp3) is 0.361. The smallest absolute Gasteiger partial charge is 0.416 e. The molecule has 4 atom stereocenters. The minimum atomic E-state index is -5.13. The van der Waals surface area contributed by atoms with Crippen molar-refractivity contribution in [2.75, 3.05) is 11.5 Å². The molecule has 2 saturated heterocycles. The third-order valence-electron chi connectivity index (χ3n) is 9.33. The van der Waals surface area contributed by atoms with Crippen molar-refractivity contribution in [3.63, 3.8) is 0 Å². The van der Waals surface area contributed by atoms with Crippen LogP contribution in [-0.4, -0.2) is 34.6 Å². The molecule has 6 rings (SSSR count). The molecule has 3 aliphatic rings. The van der Waals surface area contributed by atoms with E-state index in [1.54, 1.807) is 36.5 Å². The molecule has 252 valence electrons. The summed E-state index contributed by atoms with van der Waals surface area (Å²) in [5, 5.41) is 10.4. The molecule has 2 aromatic carbocycles. The van der Waals surface area contributed by atoms with Crippen molar-refractivity contribution < 1.29 is 45.8 Å². The van der Waals surface area contributed by atoms with E-state index in [9.17, 15) is 41.0 Å². The molecule has 1 aromatic heterocycles. The number of fused-ring (bicyclic) bond motifs is 3. The third-order valence-corrected chi connectivity index (χ3v) is 9.33. The van der Waals surface area contributed by atoms with E-state index >= 15 is 0 Å². The number of imide groups is 1. The average Bonchev–Trinajstić information content (AvgIpc) is 3.57. The van der Waals surface area contributed by atoms with E-state index in [-0.39, 0.29) is 24.8 Å². The van der Waals surface area contributed by atoms with Crippen LogP contribution >= 0.6 is 0 Å². The number of nitrogens with zero attached hydrogens (tertiary/aromatic N) is 2. The van der Waals surface area contributed by atoms with Crippen LogP contribution in [0.4, 0.5) is 32.0 Å². The standard InChI is InChI=1S/C36H32F6N2O4/c1-2-7-22-15-26-32(34(47)44(33(26)46)25-17-23(35(37,38)39)16-24(18-25)36(40,41)42)27-19-48-30(31(22)27)12-11-20(28-9-5-6-13-43-28)14-21-8-3-4-10-29(21)45/h3-6,8-10,13-14,16-18,26-27,30,32,45H,2,7,11-12,15,19H2,1H3/b20-14-/t26-,27+,30-,32-/m1/s1. The molecule has 6 nitrogen and oxygen atoms in total. The van der Waals surface area contributed by atoms with E-state index < -0.39 is 64.8 Å². The highest BCUT2D eigenvalue weighted by Crippen LogP contribution is 2.52. The number of carbonyl (C=O) groups is 2. The first-order valence-electron chi connectivity index (χ1n) is 15.7. The van der Waals surface area contributed by atoms with Gasteiger partial charge < -0.3 is 9.84 Å². The average molecular weight is 671 g/mol. The van der Waals surface area contributed by atoms with Gasteiger partial charge in [-0.15, -0.1) is 0 Å². The largest absolute Gasteiger partial charge is 0.507 e. The van der Waals surface area contributed by atoms with Gasteiger partial charge in [0.15, 0.2) is 0 Å². The van der Waals surface area contributed by atoms with Gasteiger partial charge in [0, 0.05) is 17.7 Å². The molecular formula is C36H32F6N2O4. The lowest BCUT2D eigenvalue weighted by Crippen LogP contribution is -2.34. The van der Waals surface area contributed by atoms with Crippen molar-refractivity contribution >= 4 is 29.2 Å². The first-order valence-corrected chi connectivity index (χ1v) is 15.7. The molecule has 3 heterocycles. The molecule has 0 spiro atoms. The highest BCUT2D eigenvalue weighted by atomic mass is 19.4. The Morgan fingerprint density at radius 1 is 0.958 bits per heavy atom. The minimum Gasteiger partial charge on any atom is -0.507 e. The van der Waals surface area contributed by atoms with Crippen LogP contribution < -0.4 is 4.90 Å². The molecule has 0 radical (unpaired) electrons. The van der Waals surface area contributed by atoms with Gasteiger partial charge in [-0.25, -0.2) is 4.90 Å². The highest BCUT2D eigenvalue weighted by molar-refractivity contribution is 6.22. The van der Waals surface area contributed by atoms with Crippen LogP contribution in [-0.2, 0) is 26.7 Å². The van der Waals surface area contributed by atoms with E-state index in [2.05, 4.69) is 4.98 Å². The van der Waals surface area contributed by atoms with Crippen LogP contribution in [0.3, 0.4) is 0 Å². The summed E-state index contributed by atoms with van der Waals surface area (Å²) < 4.78 is 88.2. The summed E-state index contributed by atoms with van der Waals surface area (Å²) in [4.78, 5) is 32.6. The van der Waals surface area contributed by atoms with Crippen molar-refractivity contribution in [2.24, 2.45) is 17.8 Å². The van der Waals surface area contributed by atoms with E-state index in [4.69, 9.17) is 4.74 Å². The lowest BCUT2D eigenvalue weighted by molar-refractivity contribution is -0.143. The first kappa shape index (κ1) is 33.5. The Hall–Kier alpha value is -4.45. The monoisotopic (exact) mass is 670 g/mol. The van der Waals surface area contributed by atoms with Crippen molar-refractivity contribution in [1.29, 1.82) is 0 Å². The van der Waals surface area contributed by atoms with E-state index in [1.807, 2.05) is 25.1 Å². The number of phenols is 1. The zero-order valence-corrected chi connectivity index (χ0v) is 25.8. The Kier molecular flexibility index (Phi) is 8.97. The van der Waals surface area contributed by atoms with Gasteiger partial charge in [0.05, 0.1) is 47.1 Å². The number of alkyl halides is 6. The van der Waals surface area contributed by atoms with Gasteiger partial charge >= 0.3 is 12.4 Å². The molecule has 3 aromatic rings. The zero-order valence-electron chi connectivity index (χ0n) is 25.8. The maximum absolute atomic E-state index is 13.9. The number of phenolic OH excluding ortho intramolecular Hbond substituents is 1. The van der Waals surface area contributed by atoms with Gasteiger partial charge in [-0.05, 0) is 79.3 Å². The molecule has 2 amide bonds. The van der Waals surface area contributed by atoms with Gasteiger partial charge in [-0.2, -0.15) is 26.3 Å². The number of pyridine rings is 1. The summed E-state index contributed by atoms with van der Waals surface area (Å²) in [6.45, 7) is 2.04. The summed E-state index contributed by atoms with van der Waals surface area (Å²) in [7, 11) is 0. The van der Waals surface area contributed by atoms with Gasteiger partial charge in [-0.1, -0.05) is 43.2 Å². The van der Waals surface area contributed by atoms with Gasteiger partial charge in [0.25, 0.3) is 0 Å². The summed E-state index contributed by atoms with van der Waals surface area (Å²) in [5.74, 6) is -3.99. The molecule has 0 unspecified atom stereocenters. The highest BCUT2D eigenvalue weighted by Gasteiger charge is 2.57. The fourth-order valence-corrected chi connectivity index (χ4v) is 7.24. The second-order valence-electron chi connectivity index (χ2n) is 12.3. The number of carbonyl (C=O) groups excluding carboxylic acids is 2. The summed E-state index contributed by atoms with van der Waals surface area (Å²) in [5.41, 5.74) is 0.00356. The van der Waals surface area contributed by atoms with Crippen LogP contribution in [0.2, 0.25) is 0 Å². The van der Waals surface area contributed by atoms with Crippen LogP contribution in [0.5, 0.6) is 5.75 Å². The van der Waals surface area contributed by atoms with Gasteiger partial charge in [0.2, 0.25) is 11.8 Å².